The Kier molecular flexibility index (Phi) is 6.12. The Morgan fingerprint density at radius 1 is 1.19 bits per heavy atom. The van der Waals surface area contributed by atoms with Gasteiger partial charge < -0.3 is 5.32 Å². The van der Waals surface area contributed by atoms with Gasteiger partial charge in [-0.2, -0.15) is 0 Å². The SMILES string of the molecule is CC(C)CNCC1CCN(Cc2ccc(F)c(F)c2)CC1. The van der Waals surface area contributed by atoms with Crippen molar-refractivity contribution in [2.45, 2.75) is 33.2 Å². The minimum Gasteiger partial charge on any atom is -0.316 e. The molecular formula is C17H26F2N2. The van der Waals surface area contributed by atoms with Crippen molar-refractivity contribution >= 4 is 0 Å². The second kappa shape index (κ2) is 7.85. The highest BCUT2D eigenvalue weighted by atomic mass is 19.2. The highest BCUT2D eigenvalue weighted by Gasteiger charge is 2.19. The monoisotopic (exact) mass is 296 g/mol. The Bertz CT molecular complexity index is 440. The summed E-state index contributed by atoms with van der Waals surface area (Å²) in [6.45, 7) is 9.39. The number of rotatable bonds is 6. The number of nitrogens with zero attached hydrogens (tertiary/aromatic N) is 1. The smallest absolute Gasteiger partial charge is 0.159 e. The highest BCUT2D eigenvalue weighted by molar-refractivity contribution is 5.17. The first kappa shape index (κ1) is 16.4. The third-order valence-corrected chi connectivity index (χ3v) is 4.08. The van der Waals surface area contributed by atoms with Gasteiger partial charge in [0, 0.05) is 6.54 Å². The maximum atomic E-state index is 13.2. The zero-order valence-corrected chi connectivity index (χ0v) is 13.0. The molecule has 118 valence electrons. The molecule has 0 aromatic heterocycles. The minimum atomic E-state index is -0.770. The first-order chi connectivity index (χ1) is 10.0. The molecule has 0 saturated carbocycles. The molecule has 0 amide bonds. The normalized spacial score (nSPS) is 17.6. The molecule has 0 atom stereocenters. The molecule has 1 aliphatic heterocycles. The van der Waals surface area contributed by atoms with Crippen LogP contribution in [0.25, 0.3) is 0 Å². The van der Waals surface area contributed by atoms with E-state index in [-0.39, 0.29) is 0 Å². The van der Waals surface area contributed by atoms with E-state index in [0.29, 0.717) is 12.5 Å². The van der Waals surface area contributed by atoms with Gasteiger partial charge in [-0.15, -0.1) is 0 Å². The number of likely N-dealkylation sites (tertiary alicyclic amines) is 1. The van der Waals surface area contributed by atoms with E-state index in [0.717, 1.165) is 37.7 Å². The summed E-state index contributed by atoms with van der Waals surface area (Å²) in [5.41, 5.74) is 0.852. The van der Waals surface area contributed by atoms with Crippen molar-refractivity contribution in [2.75, 3.05) is 26.2 Å². The lowest BCUT2D eigenvalue weighted by atomic mass is 9.96. The Balaban J connectivity index is 1.72. The topological polar surface area (TPSA) is 15.3 Å². The van der Waals surface area contributed by atoms with E-state index in [4.69, 9.17) is 0 Å². The van der Waals surface area contributed by atoms with Crippen LogP contribution in [0.2, 0.25) is 0 Å². The number of piperidine rings is 1. The fourth-order valence-corrected chi connectivity index (χ4v) is 2.82. The fraction of sp³-hybridized carbons (Fsp3) is 0.647. The van der Waals surface area contributed by atoms with Crippen molar-refractivity contribution in [1.29, 1.82) is 0 Å². The average molecular weight is 296 g/mol. The molecule has 4 heteroatoms. The molecule has 1 heterocycles. The van der Waals surface area contributed by atoms with Gasteiger partial charge in [-0.3, -0.25) is 4.90 Å². The van der Waals surface area contributed by atoms with Crippen molar-refractivity contribution < 1.29 is 8.78 Å². The third-order valence-electron chi connectivity index (χ3n) is 4.08. The van der Waals surface area contributed by atoms with Gasteiger partial charge in [-0.05, 0) is 68.6 Å². The molecule has 21 heavy (non-hydrogen) atoms. The molecule has 1 aromatic rings. The van der Waals surface area contributed by atoms with Crippen LogP contribution in [0.4, 0.5) is 8.78 Å². The number of nitrogens with one attached hydrogen (secondary N) is 1. The zero-order valence-electron chi connectivity index (χ0n) is 13.0. The summed E-state index contributed by atoms with van der Waals surface area (Å²) >= 11 is 0. The molecule has 1 aromatic carbocycles. The summed E-state index contributed by atoms with van der Waals surface area (Å²) in [6.07, 6.45) is 2.35. The van der Waals surface area contributed by atoms with Crippen LogP contribution in [0.3, 0.4) is 0 Å². The summed E-state index contributed by atoms with van der Waals surface area (Å²) in [5.74, 6) is -0.0858. The van der Waals surface area contributed by atoms with Gasteiger partial charge in [0.2, 0.25) is 0 Å². The molecule has 1 aliphatic rings. The molecule has 2 rings (SSSR count). The number of hydrogen-bond donors (Lipinski definition) is 1. The molecule has 1 fully saturated rings. The molecule has 2 nitrogen and oxygen atoms in total. The summed E-state index contributed by atoms with van der Waals surface area (Å²) in [6, 6.07) is 4.20. The lowest BCUT2D eigenvalue weighted by molar-refractivity contribution is 0.174. The average Bonchev–Trinajstić information content (AvgIpc) is 2.44. The Hall–Kier alpha value is -1.00. The number of halogens is 2. The van der Waals surface area contributed by atoms with E-state index in [2.05, 4.69) is 24.1 Å². The van der Waals surface area contributed by atoms with Gasteiger partial charge in [0.25, 0.3) is 0 Å². The van der Waals surface area contributed by atoms with E-state index >= 15 is 0 Å². The molecule has 0 bridgehead atoms. The summed E-state index contributed by atoms with van der Waals surface area (Å²) < 4.78 is 26.1. The van der Waals surface area contributed by atoms with Gasteiger partial charge in [-0.25, -0.2) is 8.78 Å². The van der Waals surface area contributed by atoms with Crippen LogP contribution in [0.5, 0.6) is 0 Å². The van der Waals surface area contributed by atoms with E-state index in [9.17, 15) is 8.78 Å². The molecule has 0 unspecified atom stereocenters. The van der Waals surface area contributed by atoms with Crippen LogP contribution in [0, 0.1) is 23.5 Å². The van der Waals surface area contributed by atoms with Gasteiger partial charge >= 0.3 is 0 Å². The third kappa shape index (κ3) is 5.36. The first-order valence-electron chi connectivity index (χ1n) is 7.91. The van der Waals surface area contributed by atoms with Gasteiger partial charge in [0.1, 0.15) is 0 Å². The number of benzene rings is 1. The predicted octanol–water partition coefficient (Wildman–Crippen LogP) is 3.42. The van der Waals surface area contributed by atoms with Gasteiger partial charge in [0.15, 0.2) is 11.6 Å². The lowest BCUT2D eigenvalue weighted by Crippen LogP contribution is -2.37. The maximum absolute atomic E-state index is 13.2. The summed E-state index contributed by atoms with van der Waals surface area (Å²) in [7, 11) is 0. The van der Waals surface area contributed by atoms with Crippen LogP contribution >= 0.6 is 0 Å². The van der Waals surface area contributed by atoms with Gasteiger partial charge in [0.05, 0.1) is 0 Å². The van der Waals surface area contributed by atoms with Crippen LogP contribution < -0.4 is 5.32 Å². The first-order valence-corrected chi connectivity index (χ1v) is 7.91. The summed E-state index contributed by atoms with van der Waals surface area (Å²) in [4.78, 5) is 2.33. The largest absolute Gasteiger partial charge is 0.316 e. The standard InChI is InChI=1S/C17H26F2N2/c1-13(2)10-20-11-14-5-7-21(8-6-14)12-15-3-4-16(18)17(19)9-15/h3-4,9,13-14,20H,5-8,10-12H2,1-2H3. The van der Waals surface area contributed by atoms with Crippen LogP contribution in [-0.2, 0) is 6.54 Å². The molecule has 1 N–H and O–H groups in total. The van der Waals surface area contributed by atoms with E-state index < -0.39 is 11.6 Å². The molecule has 1 saturated heterocycles. The quantitative estimate of drug-likeness (QED) is 0.865. The predicted molar refractivity (Wildman–Crippen MR) is 82.1 cm³/mol. The Labute approximate surface area is 126 Å². The second-order valence-electron chi connectivity index (χ2n) is 6.52. The summed E-state index contributed by atoms with van der Waals surface area (Å²) in [5, 5.41) is 3.52. The van der Waals surface area contributed by atoms with Crippen molar-refractivity contribution in [1.82, 2.24) is 10.2 Å². The minimum absolute atomic E-state index is 0.693. The van der Waals surface area contributed by atoms with Gasteiger partial charge in [-0.1, -0.05) is 19.9 Å². The van der Waals surface area contributed by atoms with E-state index in [1.165, 1.54) is 25.0 Å². The van der Waals surface area contributed by atoms with Crippen LogP contribution in [0.1, 0.15) is 32.3 Å². The van der Waals surface area contributed by atoms with Crippen molar-refractivity contribution in [3.63, 3.8) is 0 Å². The van der Waals surface area contributed by atoms with Crippen LogP contribution in [-0.4, -0.2) is 31.1 Å². The van der Waals surface area contributed by atoms with Crippen molar-refractivity contribution in [2.24, 2.45) is 11.8 Å². The number of hydrogen-bond acceptors (Lipinski definition) is 2. The Morgan fingerprint density at radius 3 is 2.52 bits per heavy atom. The van der Waals surface area contributed by atoms with Crippen molar-refractivity contribution in [3.8, 4) is 0 Å². The fourth-order valence-electron chi connectivity index (χ4n) is 2.82. The second-order valence-corrected chi connectivity index (χ2v) is 6.52. The van der Waals surface area contributed by atoms with E-state index in [1.54, 1.807) is 6.07 Å². The maximum Gasteiger partial charge on any atom is 0.159 e. The Morgan fingerprint density at radius 2 is 1.90 bits per heavy atom. The molecular weight excluding hydrogens is 270 g/mol. The van der Waals surface area contributed by atoms with Crippen LogP contribution in [0.15, 0.2) is 18.2 Å². The molecule has 0 radical (unpaired) electrons. The molecule has 0 aliphatic carbocycles. The van der Waals surface area contributed by atoms with Crippen molar-refractivity contribution in [3.05, 3.63) is 35.4 Å². The molecule has 0 spiro atoms. The highest BCUT2D eigenvalue weighted by Crippen LogP contribution is 2.19. The van der Waals surface area contributed by atoms with E-state index in [1.807, 2.05) is 0 Å². The zero-order chi connectivity index (χ0) is 15.2. The lowest BCUT2D eigenvalue weighted by Gasteiger charge is -2.32.